The van der Waals surface area contributed by atoms with Crippen LogP contribution in [0.1, 0.15) is 12.0 Å². The molecule has 0 aliphatic carbocycles. The first-order chi connectivity index (χ1) is 12.3. The van der Waals surface area contributed by atoms with E-state index in [2.05, 4.69) is 0 Å². The number of hydrogen-bond acceptors (Lipinski definition) is 2. The number of carbonyl (C=O) groups excluding carboxylic acids is 1. The fourth-order valence-corrected chi connectivity index (χ4v) is 2.61. The van der Waals surface area contributed by atoms with Crippen molar-refractivity contribution in [2.45, 2.75) is 13.0 Å². The summed E-state index contributed by atoms with van der Waals surface area (Å²) in [5.41, 5.74) is 2.00. The molecule has 0 heterocycles. The molecule has 0 aromatic heterocycles. The number of rotatable bonds is 7. The Morgan fingerprint density at radius 3 is 1.96 bits per heavy atom. The third-order valence-corrected chi connectivity index (χ3v) is 3.88. The maximum absolute atomic E-state index is 12.8. The summed E-state index contributed by atoms with van der Waals surface area (Å²) < 4.78 is 5.67. The van der Waals surface area contributed by atoms with Crippen LogP contribution in [0.15, 0.2) is 91.0 Å². The molecule has 0 saturated heterocycles. The van der Waals surface area contributed by atoms with Crippen molar-refractivity contribution < 1.29 is 9.53 Å². The lowest BCUT2D eigenvalue weighted by molar-refractivity contribution is -0.119. The van der Waals surface area contributed by atoms with E-state index in [1.54, 1.807) is 0 Å². The van der Waals surface area contributed by atoms with Gasteiger partial charge in [-0.25, -0.2) is 0 Å². The van der Waals surface area contributed by atoms with Gasteiger partial charge in [-0.3, -0.25) is 4.79 Å². The minimum atomic E-state index is 0.0472. The van der Waals surface area contributed by atoms with E-state index in [0.29, 0.717) is 19.6 Å². The third-order valence-electron chi connectivity index (χ3n) is 3.88. The van der Waals surface area contributed by atoms with E-state index in [1.165, 1.54) is 0 Å². The molecule has 3 heteroatoms. The summed E-state index contributed by atoms with van der Waals surface area (Å²) >= 11 is 0. The van der Waals surface area contributed by atoms with Crippen molar-refractivity contribution in [2.24, 2.45) is 0 Å². The first kappa shape index (κ1) is 16.8. The van der Waals surface area contributed by atoms with Gasteiger partial charge in [0.2, 0.25) is 5.91 Å². The van der Waals surface area contributed by atoms with Gasteiger partial charge in [0.1, 0.15) is 5.75 Å². The van der Waals surface area contributed by atoms with Crippen molar-refractivity contribution >= 4 is 11.6 Å². The largest absolute Gasteiger partial charge is 0.493 e. The number of hydrogen-bond donors (Lipinski definition) is 0. The van der Waals surface area contributed by atoms with Gasteiger partial charge in [0, 0.05) is 5.69 Å². The predicted octanol–water partition coefficient (Wildman–Crippen LogP) is 4.69. The Hall–Kier alpha value is -3.07. The molecular formula is C22H21NO2. The standard InChI is InChI=1S/C22H21NO2/c24-22(16-17-25-21-14-8-3-9-15-21)23(20-12-6-2-7-13-20)18-19-10-4-1-5-11-19/h1-15H,16-18H2. The van der Waals surface area contributed by atoms with Gasteiger partial charge in [-0.05, 0) is 29.8 Å². The highest BCUT2D eigenvalue weighted by Gasteiger charge is 2.16. The highest BCUT2D eigenvalue weighted by atomic mass is 16.5. The number of carbonyl (C=O) groups is 1. The maximum Gasteiger partial charge on any atom is 0.230 e. The molecule has 126 valence electrons. The molecular weight excluding hydrogens is 310 g/mol. The van der Waals surface area contributed by atoms with Crippen molar-refractivity contribution in [3.8, 4) is 5.75 Å². The monoisotopic (exact) mass is 331 g/mol. The first-order valence-electron chi connectivity index (χ1n) is 8.40. The second-order valence-electron chi connectivity index (χ2n) is 5.71. The fourth-order valence-electron chi connectivity index (χ4n) is 2.61. The van der Waals surface area contributed by atoms with Crippen molar-refractivity contribution in [1.82, 2.24) is 0 Å². The summed E-state index contributed by atoms with van der Waals surface area (Å²) in [6.07, 6.45) is 0.330. The van der Waals surface area contributed by atoms with Crippen LogP contribution in [0.3, 0.4) is 0 Å². The topological polar surface area (TPSA) is 29.5 Å². The van der Waals surface area contributed by atoms with E-state index in [0.717, 1.165) is 17.0 Å². The van der Waals surface area contributed by atoms with Gasteiger partial charge in [-0.15, -0.1) is 0 Å². The number of anilines is 1. The number of nitrogens with zero attached hydrogens (tertiary/aromatic N) is 1. The average molecular weight is 331 g/mol. The second-order valence-corrected chi connectivity index (χ2v) is 5.71. The second kappa shape index (κ2) is 8.69. The van der Waals surface area contributed by atoms with Gasteiger partial charge in [-0.1, -0.05) is 66.7 Å². The van der Waals surface area contributed by atoms with Crippen LogP contribution in [-0.4, -0.2) is 12.5 Å². The van der Waals surface area contributed by atoms with Crippen molar-refractivity contribution in [3.05, 3.63) is 96.6 Å². The molecule has 3 aromatic carbocycles. The summed E-state index contributed by atoms with van der Waals surface area (Å²) in [7, 11) is 0. The average Bonchev–Trinajstić information content (AvgIpc) is 2.68. The number of benzene rings is 3. The highest BCUT2D eigenvalue weighted by Crippen LogP contribution is 2.18. The highest BCUT2D eigenvalue weighted by molar-refractivity contribution is 5.93. The summed E-state index contributed by atoms with van der Waals surface area (Å²) in [5, 5.41) is 0. The Labute approximate surface area is 148 Å². The van der Waals surface area contributed by atoms with Crippen LogP contribution < -0.4 is 9.64 Å². The van der Waals surface area contributed by atoms with E-state index in [9.17, 15) is 4.79 Å². The zero-order valence-electron chi connectivity index (χ0n) is 14.0. The first-order valence-corrected chi connectivity index (χ1v) is 8.40. The number of amides is 1. The van der Waals surface area contributed by atoms with E-state index >= 15 is 0 Å². The van der Waals surface area contributed by atoms with Crippen LogP contribution in [-0.2, 0) is 11.3 Å². The molecule has 0 unspecified atom stereocenters. The van der Waals surface area contributed by atoms with E-state index in [4.69, 9.17) is 4.74 Å². The Bertz CT molecular complexity index is 773. The minimum Gasteiger partial charge on any atom is -0.493 e. The summed E-state index contributed by atoms with van der Waals surface area (Å²) in [4.78, 5) is 14.6. The van der Waals surface area contributed by atoms with Crippen molar-refractivity contribution in [2.75, 3.05) is 11.5 Å². The molecule has 0 radical (unpaired) electrons. The summed E-state index contributed by atoms with van der Waals surface area (Å²) in [6.45, 7) is 0.913. The molecule has 3 aromatic rings. The van der Waals surface area contributed by atoms with Gasteiger partial charge < -0.3 is 9.64 Å². The van der Waals surface area contributed by atoms with E-state index < -0.39 is 0 Å². The minimum absolute atomic E-state index is 0.0472. The van der Waals surface area contributed by atoms with Gasteiger partial charge in [0.25, 0.3) is 0 Å². The molecule has 3 nitrogen and oxygen atoms in total. The Morgan fingerprint density at radius 2 is 1.32 bits per heavy atom. The van der Waals surface area contributed by atoms with Gasteiger partial charge in [0.05, 0.1) is 19.6 Å². The summed E-state index contributed by atoms with van der Waals surface area (Å²) in [5.74, 6) is 0.829. The Balaban J connectivity index is 1.67. The van der Waals surface area contributed by atoms with Crippen LogP contribution >= 0.6 is 0 Å². The molecule has 1 amide bonds. The molecule has 0 atom stereocenters. The smallest absolute Gasteiger partial charge is 0.230 e. The van der Waals surface area contributed by atoms with Gasteiger partial charge in [-0.2, -0.15) is 0 Å². The van der Waals surface area contributed by atoms with Crippen molar-refractivity contribution in [3.63, 3.8) is 0 Å². The van der Waals surface area contributed by atoms with Crippen LogP contribution in [0.5, 0.6) is 5.75 Å². The third kappa shape index (κ3) is 4.95. The molecule has 0 aliphatic heterocycles. The molecule has 25 heavy (non-hydrogen) atoms. The molecule has 3 rings (SSSR count). The Kier molecular flexibility index (Phi) is 5.83. The molecule has 0 aliphatic rings. The van der Waals surface area contributed by atoms with Gasteiger partial charge >= 0.3 is 0 Å². The number of para-hydroxylation sites is 2. The normalized spacial score (nSPS) is 10.2. The zero-order chi connectivity index (χ0) is 17.3. The zero-order valence-corrected chi connectivity index (χ0v) is 14.0. The van der Waals surface area contributed by atoms with E-state index in [-0.39, 0.29) is 5.91 Å². The lowest BCUT2D eigenvalue weighted by Gasteiger charge is -2.23. The van der Waals surface area contributed by atoms with Crippen LogP contribution in [0, 0.1) is 0 Å². The molecule has 0 saturated carbocycles. The maximum atomic E-state index is 12.8. The molecule has 0 spiro atoms. The van der Waals surface area contributed by atoms with E-state index in [1.807, 2.05) is 95.9 Å². The van der Waals surface area contributed by atoms with Crippen LogP contribution in [0.4, 0.5) is 5.69 Å². The molecule has 0 fully saturated rings. The van der Waals surface area contributed by atoms with Crippen LogP contribution in [0.2, 0.25) is 0 Å². The quantitative estimate of drug-likeness (QED) is 0.628. The SMILES string of the molecule is O=C(CCOc1ccccc1)N(Cc1ccccc1)c1ccccc1. The predicted molar refractivity (Wildman–Crippen MR) is 101 cm³/mol. The Morgan fingerprint density at radius 1 is 0.760 bits per heavy atom. The van der Waals surface area contributed by atoms with Gasteiger partial charge in [0.15, 0.2) is 0 Å². The molecule has 0 bridgehead atoms. The lowest BCUT2D eigenvalue weighted by Crippen LogP contribution is -2.31. The summed E-state index contributed by atoms with van der Waals surface area (Å²) in [6, 6.07) is 29.3. The lowest BCUT2D eigenvalue weighted by atomic mass is 10.2. The van der Waals surface area contributed by atoms with Crippen LogP contribution in [0.25, 0.3) is 0 Å². The van der Waals surface area contributed by atoms with Crippen molar-refractivity contribution in [1.29, 1.82) is 0 Å². The molecule has 0 N–H and O–H groups in total. The fraction of sp³-hybridized carbons (Fsp3) is 0.136. The number of ether oxygens (including phenoxy) is 1.